The number of nitrogens with zero attached hydrogens (tertiary/aromatic N) is 3. The third-order valence-electron chi connectivity index (χ3n) is 4.11. The van der Waals surface area contributed by atoms with Gasteiger partial charge in [-0.1, -0.05) is 42.5 Å². The summed E-state index contributed by atoms with van der Waals surface area (Å²) >= 11 is 0. The fraction of sp³-hybridized carbons (Fsp3) is 0.200. The van der Waals surface area contributed by atoms with Gasteiger partial charge in [0.15, 0.2) is 0 Å². The molecule has 0 fully saturated rings. The van der Waals surface area contributed by atoms with Gasteiger partial charge in [0.1, 0.15) is 11.4 Å². The molecule has 2 heterocycles. The summed E-state index contributed by atoms with van der Waals surface area (Å²) in [4.78, 5) is 14.3. The van der Waals surface area contributed by atoms with Crippen LogP contribution in [0.4, 0.5) is 0 Å². The van der Waals surface area contributed by atoms with Gasteiger partial charge in [0.2, 0.25) is 0 Å². The van der Waals surface area contributed by atoms with Crippen LogP contribution in [0.25, 0.3) is 17.5 Å². The zero-order chi connectivity index (χ0) is 18.4. The molecule has 0 bridgehead atoms. The van der Waals surface area contributed by atoms with Crippen LogP contribution in [0.15, 0.2) is 60.8 Å². The summed E-state index contributed by atoms with van der Waals surface area (Å²) in [6.45, 7) is 0.576. The van der Waals surface area contributed by atoms with E-state index in [-0.39, 0.29) is 19.1 Å². The third-order valence-corrected chi connectivity index (χ3v) is 4.11. The highest BCUT2D eigenvalue weighted by Crippen LogP contribution is 2.18. The highest BCUT2D eigenvalue weighted by atomic mass is 16.3. The Labute approximate surface area is 152 Å². The van der Waals surface area contributed by atoms with Crippen LogP contribution >= 0.6 is 0 Å². The van der Waals surface area contributed by atoms with Crippen molar-refractivity contribution in [3.8, 4) is 11.4 Å². The van der Waals surface area contributed by atoms with Crippen molar-refractivity contribution in [2.24, 2.45) is 7.05 Å². The average Bonchev–Trinajstić information content (AvgIpc) is 3.30. The number of carbonyl (C=O) groups is 1. The van der Waals surface area contributed by atoms with E-state index in [2.05, 4.69) is 10.2 Å². The van der Waals surface area contributed by atoms with Crippen LogP contribution in [0, 0.1) is 0 Å². The fourth-order valence-electron chi connectivity index (χ4n) is 2.74. The number of aromatic nitrogens is 3. The number of benzene rings is 1. The lowest BCUT2D eigenvalue weighted by molar-refractivity contribution is 0.0737. The van der Waals surface area contributed by atoms with Crippen LogP contribution in [0.1, 0.15) is 16.1 Å². The summed E-state index contributed by atoms with van der Waals surface area (Å²) in [6.07, 6.45) is 5.80. The lowest BCUT2D eigenvalue weighted by Gasteiger charge is -2.19. The molecule has 26 heavy (non-hydrogen) atoms. The van der Waals surface area contributed by atoms with E-state index < -0.39 is 0 Å². The Bertz CT molecular complexity index is 880. The van der Waals surface area contributed by atoms with Crippen molar-refractivity contribution in [3.05, 3.63) is 72.1 Å². The normalized spacial score (nSPS) is 11.2. The first-order valence-electron chi connectivity index (χ1n) is 8.48. The second kappa shape index (κ2) is 8.31. The maximum absolute atomic E-state index is 12.7. The third kappa shape index (κ3) is 4.10. The number of hydrogen-bond acceptors (Lipinski definition) is 3. The first-order valence-corrected chi connectivity index (χ1v) is 8.48. The number of aromatic amines is 1. The predicted octanol–water partition coefficient (Wildman–Crippen LogP) is 2.56. The molecule has 0 saturated heterocycles. The summed E-state index contributed by atoms with van der Waals surface area (Å²) in [7, 11) is 1.93. The highest BCUT2D eigenvalue weighted by Gasteiger charge is 2.18. The summed E-state index contributed by atoms with van der Waals surface area (Å²) < 4.78 is 1.94. The Morgan fingerprint density at radius 1 is 1.27 bits per heavy atom. The van der Waals surface area contributed by atoms with Crippen molar-refractivity contribution in [2.75, 3.05) is 19.7 Å². The van der Waals surface area contributed by atoms with E-state index in [0.717, 1.165) is 11.3 Å². The fourth-order valence-corrected chi connectivity index (χ4v) is 2.74. The summed E-state index contributed by atoms with van der Waals surface area (Å²) in [5.41, 5.74) is 3.11. The Hall–Kier alpha value is -3.12. The van der Waals surface area contributed by atoms with Crippen molar-refractivity contribution in [2.45, 2.75) is 0 Å². The number of carbonyl (C=O) groups excluding carboxylic acids is 1. The van der Waals surface area contributed by atoms with Crippen LogP contribution < -0.4 is 0 Å². The molecule has 0 spiro atoms. The molecule has 0 atom stereocenters. The second-order valence-electron chi connectivity index (χ2n) is 5.96. The number of aliphatic hydroxyl groups excluding tert-OH is 1. The minimum Gasteiger partial charge on any atom is -0.395 e. The van der Waals surface area contributed by atoms with Gasteiger partial charge >= 0.3 is 0 Å². The Kier molecular flexibility index (Phi) is 5.66. The highest BCUT2D eigenvalue weighted by molar-refractivity contribution is 5.93. The minimum absolute atomic E-state index is 0.0935. The molecule has 1 aromatic carbocycles. The van der Waals surface area contributed by atoms with Crippen molar-refractivity contribution < 1.29 is 9.90 Å². The molecule has 1 amide bonds. The largest absolute Gasteiger partial charge is 0.395 e. The minimum atomic E-state index is -0.190. The molecule has 0 saturated carbocycles. The van der Waals surface area contributed by atoms with E-state index in [1.807, 2.05) is 72.4 Å². The monoisotopic (exact) mass is 350 g/mol. The summed E-state index contributed by atoms with van der Waals surface area (Å²) in [5, 5.41) is 16.3. The van der Waals surface area contributed by atoms with Gasteiger partial charge in [-0.25, -0.2) is 0 Å². The number of rotatable bonds is 7. The van der Waals surface area contributed by atoms with Gasteiger partial charge in [0, 0.05) is 26.3 Å². The van der Waals surface area contributed by atoms with Crippen molar-refractivity contribution >= 4 is 12.0 Å². The average molecular weight is 350 g/mol. The van der Waals surface area contributed by atoms with Gasteiger partial charge in [-0.15, -0.1) is 0 Å². The molecular weight excluding hydrogens is 328 g/mol. The Morgan fingerprint density at radius 3 is 2.77 bits per heavy atom. The molecule has 0 aliphatic rings. The number of nitrogens with one attached hydrogen (secondary N) is 1. The lowest BCUT2D eigenvalue weighted by Crippen LogP contribution is -2.34. The van der Waals surface area contributed by atoms with Crippen LogP contribution in [-0.4, -0.2) is 50.4 Å². The topological polar surface area (TPSA) is 74.2 Å². The van der Waals surface area contributed by atoms with Crippen molar-refractivity contribution in [1.82, 2.24) is 19.7 Å². The van der Waals surface area contributed by atoms with E-state index in [4.69, 9.17) is 0 Å². The van der Waals surface area contributed by atoms with E-state index in [1.54, 1.807) is 11.0 Å². The standard InChI is InChI=1S/C20H22N4O2/c1-23-11-6-10-19(23)17-15-18(22-21-17)20(26)24(13-14-25)12-5-9-16-7-3-2-4-8-16/h2-11,15,25H,12-14H2,1H3,(H,21,22)/b9-5+. The first kappa shape index (κ1) is 17.7. The van der Waals surface area contributed by atoms with E-state index in [1.165, 1.54) is 0 Å². The van der Waals surface area contributed by atoms with Gasteiger partial charge < -0.3 is 14.6 Å². The summed E-state index contributed by atoms with van der Waals surface area (Å²) in [6, 6.07) is 15.5. The smallest absolute Gasteiger partial charge is 0.272 e. The second-order valence-corrected chi connectivity index (χ2v) is 5.96. The molecule has 6 nitrogen and oxygen atoms in total. The predicted molar refractivity (Wildman–Crippen MR) is 101 cm³/mol. The van der Waals surface area contributed by atoms with E-state index in [9.17, 15) is 9.90 Å². The first-order chi connectivity index (χ1) is 12.7. The van der Waals surface area contributed by atoms with Gasteiger partial charge in [0.05, 0.1) is 12.3 Å². The Balaban J connectivity index is 1.71. The number of H-pyrrole nitrogens is 1. The van der Waals surface area contributed by atoms with Crippen LogP contribution in [-0.2, 0) is 7.05 Å². The molecule has 6 heteroatoms. The van der Waals surface area contributed by atoms with Gasteiger partial charge in [-0.3, -0.25) is 9.89 Å². The lowest BCUT2D eigenvalue weighted by atomic mass is 10.2. The number of amides is 1. The maximum atomic E-state index is 12.7. The number of aliphatic hydroxyl groups is 1. The van der Waals surface area contributed by atoms with Crippen LogP contribution in [0.3, 0.4) is 0 Å². The zero-order valence-electron chi connectivity index (χ0n) is 14.7. The van der Waals surface area contributed by atoms with Gasteiger partial charge in [-0.05, 0) is 23.8 Å². The number of aryl methyl sites for hydroxylation is 1. The molecule has 0 aliphatic heterocycles. The molecule has 3 aromatic rings. The molecule has 0 radical (unpaired) electrons. The molecule has 2 aromatic heterocycles. The number of hydrogen-bond donors (Lipinski definition) is 2. The van der Waals surface area contributed by atoms with Crippen LogP contribution in [0.2, 0.25) is 0 Å². The van der Waals surface area contributed by atoms with E-state index >= 15 is 0 Å². The Morgan fingerprint density at radius 2 is 2.08 bits per heavy atom. The zero-order valence-corrected chi connectivity index (χ0v) is 14.7. The van der Waals surface area contributed by atoms with Crippen molar-refractivity contribution in [1.29, 1.82) is 0 Å². The molecule has 2 N–H and O–H groups in total. The van der Waals surface area contributed by atoms with E-state index in [0.29, 0.717) is 17.9 Å². The van der Waals surface area contributed by atoms with Gasteiger partial charge in [-0.2, -0.15) is 5.10 Å². The van der Waals surface area contributed by atoms with Crippen LogP contribution in [0.5, 0.6) is 0 Å². The summed E-state index contributed by atoms with van der Waals surface area (Å²) in [5.74, 6) is -0.190. The molecule has 0 aliphatic carbocycles. The SMILES string of the molecule is Cn1cccc1-c1cc(C(=O)N(C/C=C/c2ccccc2)CCO)[nH]n1. The molecular formula is C20H22N4O2. The molecule has 3 rings (SSSR count). The molecule has 134 valence electrons. The molecule has 0 unspecified atom stereocenters. The van der Waals surface area contributed by atoms with Crippen molar-refractivity contribution in [3.63, 3.8) is 0 Å². The quantitative estimate of drug-likeness (QED) is 0.688. The maximum Gasteiger partial charge on any atom is 0.272 e. The van der Waals surface area contributed by atoms with Gasteiger partial charge in [0.25, 0.3) is 5.91 Å².